The number of benzene rings is 1. The summed E-state index contributed by atoms with van der Waals surface area (Å²) in [5, 5.41) is 3.30. The second kappa shape index (κ2) is 6.86. The van der Waals surface area contributed by atoms with Gasteiger partial charge < -0.3 is 23.9 Å². The molecule has 2 rings (SSSR count). The predicted octanol–water partition coefficient (Wildman–Crippen LogP) is 2.60. The van der Waals surface area contributed by atoms with Gasteiger partial charge in [0.2, 0.25) is 5.75 Å². The van der Waals surface area contributed by atoms with E-state index in [0.717, 1.165) is 11.3 Å². The predicted molar refractivity (Wildman–Crippen MR) is 75.3 cm³/mol. The van der Waals surface area contributed by atoms with Crippen molar-refractivity contribution in [2.24, 2.45) is 0 Å². The van der Waals surface area contributed by atoms with Crippen LogP contribution >= 0.6 is 0 Å². The van der Waals surface area contributed by atoms with E-state index < -0.39 is 0 Å². The number of rotatable bonds is 7. The second-order valence-electron chi connectivity index (χ2n) is 4.18. The molecule has 0 aliphatic rings. The molecule has 0 saturated carbocycles. The summed E-state index contributed by atoms with van der Waals surface area (Å²) in [6, 6.07) is 7.62. The van der Waals surface area contributed by atoms with E-state index in [-0.39, 0.29) is 0 Å². The summed E-state index contributed by atoms with van der Waals surface area (Å²) in [6.45, 7) is 1.30. The van der Waals surface area contributed by atoms with Gasteiger partial charge in [-0.25, -0.2) is 0 Å². The molecule has 0 radical (unpaired) electrons. The Morgan fingerprint density at radius 2 is 1.75 bits per heavy atom. The molecule has 1 aromatic carbocycles. The molecule has 5 nitrogen and oxygen atoms in total. The minimum absolute atomic E-state index is 0.604. The SMILES string of the molecule is COc1ccc(CNCc2ccco2)c(OC)c1OC. The van der Waals surface area contributed by atoms with E-state index in [9.17, 15) is 0 Å². The molecule has 0 spiro atoms. The van der Waals surface area contributed by atoms with Crippen molar-refractivity contribution in [2.75, 3.05) is 21.3 Å². The first-order valence-electron chi connectivity index (χ1n) is 6.31. The molecular weight excluding hydrogens is 258 g/mol. The van der Waals surface area contributed by atoms with Crippen LogP contribution in [0.5, 0.6) is 17.2 Å². The van der Waals surface area contributed by atoms with Gasteiger partial charge in [-0.1, -0.05) is 6.07 Å². The molecule has 20 heavy (non-hydrogen) atoms. The molecule has 0 saturated heterocycles. The highest BCUT2D eigenvalue weighted by molar-refractivity contribution is 5.55. The molecule has 1 heterocycles. The lowest BCUT2D eigenvalue weighted by atomic mass is 10.1. The van der Waals surface area contributed by atoms with Crippen molar-refractivity contribution in [2.45, 2.75) is 13.1 Å². The van der Waals surface area contributed by atoms with Crippen molar-refractivity contribution in [1.29, 1.82) is 0 Å². The van der Waals surface area contributed by atoms with Crippen molar-refractivity contribution in [3.63, 3.8) is 0 Å². The average molecular weight is 277 g/mol. The maximum absolute atomic E-state index is 5.43. The highest BCUT2D eigenvalue weighted by Gasteiger charge is 2.15. The summed E-state index contributed by atoms with van der Waals surface area (Å²) in [7, 11) is 4.82. The zero-order valence-corrected chi connectivity index (χ0v) is 11.9. The van der Waals surface area contributed by atoms with Crippen molar-refractivity contribution >= 4 is 0 Å². The van der Waals surface area contributed by atoms with Gasteiger partial charge in [0.1, 0.15) is 5.76 Å². The summed E-state index contributed by atoms with van der Waals surface area (Å²) in [5.41, 5.74) is 0.997. The summed E-state index contributed by atoms with van der Waals surface area (Å²) in [5.74, 6) is 2.83. The van der Waals surface area contributed by atoms with Gasteiger partial charge in [0, 0.05) is 12.1 Å². The highest BCUT2D eigenvalue weighted by atomic mass is 16.5. The van der Waals surface area contributed by atoms with E-state index in [4.69, 9.17) is 18.6 Å². The lowest BCUT2D eigenvalue weighted by Gasteiger charge is -2.15. The van der Waals surface area contributed by atoms with Crippen molar-refractivity contribution < 1.29 is 18.6 Å². The Bertz CT molecular complexity index is 537. The number of methoxy groups -OCH3 is 3. The van der Waals surface area contributed by atoms with Crippen molar-refractivity contribution in [3.05, 3.63) is 41.9 Å². The Labute approximate surface area is 118 Å². The largest absolute Gasteiger partial charge is 0.493 e. The Morgan fingerprint density at radius 1 is 0.950 bits per heavy atom. The molecule has 0 bridgehead atoms. The lowest BCUT2D eigenvalue weighted by Crippen LogP contribution is -2.13. The van der Waals surface area contributed by atoms with E-state index >= 15 is 0 Å². The molecule has 2 aromatic rings. The summed E-state index contributed by atoms with van der Waals surface area (Å²) in [6.07, 6.45) is 1.66. The number of furan rings is 1. The fourth-order valence-electron chi connectivity index (χ4n) is 2.04. The van der Waals surface area contributed by atoms with Gasteiger partial charge in [-0.3, -0.25) is 0 Å². The molecule has 0 unspecified atom stereocenters. The molecule has 0 aliphatic heterocycles. The number of nitrogens with one attached hydrogen (secondary N) is 1. The second-order valence-corrected chi connectivity index (χ2v) is 4.18. The monoisotopic (exact) mass is 277 g/mol. The summed E-state index contributed by atoms with van der Waals surface area (Å²) >= 11 is 0. The van der Waals surface area contributed by atoms with Crippen LogP contribution in [0.1, 0.15) is 11.3 Å². The zero-order chi connectivity index (χ0) is 14.4. The first-order valence-corrected chi connectivity index (χ1v) is 6.31. The minimum Gasteiger partial charge on any atom is -0.493 e. The first kappa shape index (κ1) is 14.3. The minimum atomic E-state index is 0.604. The molecule has 1 N–H and O–H groups in total. The van der Waals surface area contributed by atoms with Gasteiger partial charge in [0.05, 0.1) is 34.1 Å². The average Bonchev–Trinajstić information content (AvgIpc) is 2.99. The fourth-order valence-corrected chi connectivity index (χ4v) is 2.04. The van der Waals surface area contributed by atoms with Crippen LogP contribution in [0.15, 0.2) is 34.9 Å². The van der Waals surface area contributed by atoms with Crippen LogP contribution in [0, 0.1) is 0 Å². The van der Waals surface area contributed by atoms with E-state index in [0.29, 0.717) is 30.3 Å². The third-order valence-corrected chi connectivity index (χ3v) is 2.98. The van der Waals surface area contributed by atoms with Gasteiger partial charge in [-0.15, -0.1) is 0 Å². The van der Waals surface area contributed by atoms with Gasteiger partial charge in [0.15, 0.2) is 11.5 Å². The number of hydrogen-bond acceptors (Lipinski definition) is 5. The van der Waals surface area contributed by atoms with Crippen LogP contribution in [0.4, 0.5) is 0 Å². The molecule has 0 atom stereocenters. The smallest absolute Gasteiger partial charge is 0.203 e. The maximum Gasteiger partial charge on any atom is 0.203 e. The molecule has 0 amide bonds. The molecular formula is C15H19NO4. The van der Waals surface area contributed by atoms with Gasteiger partial charge >= 0.3 is 0 Å². The molecule has 108 valence electrons. The highest BCUT2D eigenvalue weighted by Crippen LogP contribution is 2.39. The van der Waals surface area contributed by atoms with E-state index in [1.165, 1.54) is 0 Å². The quantitative estimate of drug-likeness (QED) is 0.843. The Morgan fingerprint density at radius 3 is 2.35 bits per heavy atom. The third-order valence-electron chi connectivity index (χ3n) is 2.98. The van der Waals surface area contributed by atoms with Crippen LogP contribution in [-0.2, 0) is 13.1 Å². The Balaban J connectivity index is 2.10. The third kappa shape index (κ3) is 3.05. The van der Waals surface area contributed by atoms with E-state index in [1.807, 2.05) is 24.3 Å². The van der Waals surface area contributed by atoms with E-state index in [1.54, 1.807) is 27.6 Å². The van der Waals surface area contributed by atoms with Crippen molar-refractivity contribution in [3.8, 4) is 17.2 Å². The van der Waals surface area contributed by atoms with E-state index in [2.05, 4.69) is 5.32 Å². The normalized spacial score (nSPS) is 10.3. The van der Waals surface area contributed by atoms with Crippen LogP contribution in [-0.4, -0.2) is 21.3 Å². The maximum atomic E-state index is 5.43. The summed E-state index contributed by atoms with van der Waals surface area (Å²) in [4.78, 5) is 0. The Hall–Kier alpha value is -2.14. The topological polar surface area (TPSA) is 52.9 Å². The van der Waals surface area contributed by atoms with Crippen molar-refractivity contribution in [1.82, 2.24) is 5.32 Å². The van der Waals surface area contributed by atoms with Crippen LogP contribution in [0.25, 0.3) is 0 Å². The first-order chi connectivity index (χ1) is 9.80. The zero-order valence-electron chi connectivity index (χ0n) is 11.9. The molecule has 5 heteroatoms. The number of hydrogen-bond donors (Lipinski definition) is 1. The fraction of sp³-hybridized carbons (Fsp3) is 0.333. The van der Waals surface area contributed by atoms with Crippen LogP contribution in [0.2, 0.25) is 0 Å². The van der Waals surface area contributed by atoms with Gasteiger partial charge in [-0.2, -0.15) is 0 Å². The lowest BCUT2D eigenvalue weighted by molar-refractivity contribution is 0.321. The van der Waals surface area contributed by atoms with Gasteiger partial charge in [-0.05, 0) is 18.2 Å². The summed E-state index contributed by atoms with van der Waals surface area (Å²) < 4.78 is 21.3. The van der Waals surface area contributed by atoms with Gasteiger partial charge in [0.25, 0.3) is 0 Å². The Kier molecular flexibility index (Phi) is 4.90. The van der Waals surface area contributed by atoms with Crippen LogP contribution < -0.4 is 19.5 Å². The van der Waals surface area contributed by atoms with Crippen LogP contribution in [0.3, 0.4) is 0 Å². The number of ether oxygens (including phenoxy) is 3. The standard InChI is InChI=1S/C15H19NO4/c1-17-13-7-6-11(14(18-2)15(13)19-3)9-16-10-12-5-4-8-20-12/h4-8,16H,9-10H2,1-3H3. The molecule has 0 aliphatic carbocycles. The molecule has 0 fully saturated rings. The molecule has 1 aromatic heterocycles.